The zero-order valence-electron chi connectivity index (χ0n) is 9.40. The first kappa shape index (κ1) is 15.2. The van der Waals surface area contributed by atoms with Gasteiger partial charge in [0.1, 0.15) is 5.82 Å². The van der Waals surface area contributed by atoms with Crippen LogP contribution >= 0.6 is 11.6 Å². The van der Waals surface area contributed by atoms with Crippen LogP contribution in [0.15, 0.2) is 18.2 Å². The van der Waals surface area contributed by atoms with E-state index in [0.717, 1.165) is 0 Å². The van der Waals surface area contributed by atoms with Crippen LogP contribution in [0.5, 0.6) is 0 Å². The molecule has 0 fully saturated rings. The molecule has 0 saturated carbocycles. The molecule has 102 valence electrons. The number of nitrogens with one attached hydrogen (secondary N) is 1. The van der Waals surface area contributed by atoms with Crippen LogP contribution in [0, 0.1) is 5.82 Å². The van der Waals surface area contributed by atoms with Gasteiger partial charge in [0.15, 0.2) is 0 Å². The lowest BCUT2D eigenvalue weighted by Gasteiger charge is -2.17. The molecule has 0 bridgehead atoms. The Morgan fingerprint density at radius 3 is 2.50 bits per heavy atom. The van der Waals surface area contributed by atoms with E-state index in [4.69, 9.17) is 17.4 Å². The Morgan fingerprint density at radius 1 is 1.33 bits per heavy atom. The van der Waals surface area contributed by atoms with Gasteiger partial charge < -0.3 is 0 Å². The molecule has 0 radical (unpaired) electrons. The lowest BCUT2D eigenvalue weighted by Crippen LogP contribution is -2.37. The highest BCUT2D eigenvalue weighted by molar-refractivity contribution is 6.30. The van der Waals surface area contributed by atoms with Gasteiger partial charge in [-0.25, -0.2) is 4.39 Å². The zero-order valence-corrected chi connectivity index (χ0v) is 10.2. The zero-order chi connectivity index (χ0) is 13.8. The van der Waals surface area contributed by atoms with Gasteiger partial charge in [-0.15, -0.1) is 0 Å². The summed E-state index contributed by atoms with van der Waals surface area (Å²) in [5.74, 6) is 4.63. The molecule has 1 aromatic carbocycles. The smallest absolute Gasteiger partial charge is 0.271 e. The Labute approximate surface area is 107 Å². The molecule has 0 aliphatic heterocycles. The fraction of sp³-hybridized carbons (Fsp3) is 0.455. The van der Waals surface area contributed by atoms with E-state index in [0.29, 0.717) is 5.56 Å². The lowest BCUT2D eigenvalue weighted by molar-refractivity contribution is -0.136. The number of hydrazine groups is 1. The minimum Gasteiger partial charge on any atom is -0.271 e. The Kier molecular flexibility index (Phi) is 5.37. The second kappa shape index (κ2) is 6.36. The number of nitrogens with two attached hydrogens (primary N) is 1. The topological polar surface area (TPSA) is 38.0 Å². The third-order valence-electron chi connectivity index (χ3n) is 2.48. The van der Waals surface area contributed by atoms with Crippen molar-refractivity contribution in [2.75, 3.05) is 0 Å². The molecule has 7 heteroatoms. The fourth-order valence-electron chi connectivity index (χ4n) is 1.53. The molecule has 0 amide bonds. The summed E-state index contributed by atoms with van der Waals surface area (Å²) in [5, 5.41) is -0.0564. The number of hydrogen-bond donors (Lipinski definition) is 2. The molecule has 1 aromatic rings. The highest BCUT2D eigenvalue weighted by Gasteiger charge is 2.28. The minimum atomic E-state index is -4.21. The highest BCUT2D eigenvalue weighted by atomic mass is 35.5. The minimum absolute atomic E-state index is 0.0564. The SMILES string of the molecule is NNC(CCC(F)(F)F)Cc1ccc(F)c(Cl)c1. The molecule has 0 saturated heterocycles. The number of benzene rings is 1. The third-order valence-corrected chi connectivity index (χ3v) is 2.77. The van der Waals surface area contributed by atoms with Crippen molar-refractivity contribution >= 4 is 11.6 Å². The molecule has 0 aromatic heterocycles. The molecule has 0 spiro atoms. The molecule has 0 heterocycles. The molecule has 2 nitrogen and oxygen atoms in total. The van der Waals surface area contributed by atoms with Gasteiger partial charge in [-0.2, -0.15) is 13.2 Å². The fourth-order valence-corrected chi connectivity index (χ4v) is 1.74. The second-order valence-electron chi connectivity index (χ2n) is 3.97. The van der Waals surface area contributed by atoms with E-state index in [1.807, 2.05) is 0 Å². The van der Waals surface area contributed by atoms with Gasteiger partial charge in [0, 0.05) is 12.5 Å². The maximum absolute atomic E-state index is 12.9. The lowest BCUT2D eigenvalue weighted by atomic mass is 10.0. The largest absolute Gasteiger partial charge is 0.389 e. The number of rotatable bonds is 5. The van der Waals surface area contributed by atoms with Gasteiger partial charge >= 0.3 is 6.18 Å². The first-order valence-electron chi connectivity index (χ1n) is 5.28. The first-order valence-corrected chi connectivity index (χ1v) is 5.66. The van der Waals surface area contributed by atoms with Crippen molar-refractivity contribution in [2.45, 2.75) is 31.5 Å². The predicted molar refractivity (Wildman–Crippen MR) is 61.5 cm³/mol. The maximum atomic E-state index is 12.9. The van der Waals surface area contributed by atoms with Crippen molar-refractivity contribution in [3.63, 3.8) is 0 Å². The summed E-state index contributed by atoms with van der Waals surface area (Å²) in [6.45, 7) is 0. The van der Waals surface area contributed by atoms with Crippen LogP contribution in [0.2, 0.25) is 5.02 Å². The summed E-state index contributed by atoms with van der Waals surface area (Å²) in [6.07, 6.45) is -5.02. The summed E-state index contributed by atoms with van der Waals surface area (Å²) in [7, 11) is 0. The summed E-state index contributed by atoms with van der Waals surface area (Å²) in [4.78, 5) is 0. The Balaban J connectivity index is 2.59. The van der Waals surface area contributed by atoms with Gasteiger partial charge in [-0.05, 0) is 30.5 Å². The van der Waals surface area contributed by atoms with Crippen molar-refractivity contribution in [1.82, 2.24) is 5.43 Å². The highest BCUT2D eigenvalue weighted by Crippen LogP contribution is 2.23. The monoisotopic (exact) mass is 284 g/mol. The number of alkyl halides is 3. The van der Waals surface area contributed by atoms with Crippen LogP contribution < -0.4 is 11.3 Å². The molecule has 18 heavy (non-hydrogen) atoms. The van der Waals surface area contributed by atoms with Crippen LogP contribution in [0.4, 0.5) is 17.6 Å². The molecule has 0 aliphatic carbocycles. The van der Waals surface area contributed by atoms with Gasteiger partial charge in [0.05, 0.1) is 5.02 Å². The van der Waals surface area contributed by atoms with E-state index in [1.54, 1.807) is 0 Å². The van der Waals surface area contributed by atoms with Crippen LogP contribution in [-0.2, 0) is 6.42 Å². The predicted octanol–water partition coefficient (Wildman–Crippen LogP) is 3.20. The molecule has 1 unspecified atom stereocenters. The molecule has 1 atom stereocenters. The normalized spacial score (nSPS) is 13.7. The average molecular weight is 285 g/mol. The van der Waals surface area contributed by atoms with E-state index in [9.17, 15) is 17.6 Å². The Hall–Kier alpha value is -0.850. The maximum Gasteiger partial charge on any atom is 0.389 e. The van der Waals surface area contributed by atoms with Crippen molar-refractivity contribution < 1.29 is 17.6 Å². The molecule has 1 rings (SSSR count). The van der Waals surface area contributed by atoms with E-state index in [2.05, 4.69) is 5.43 Å². The van der Waals surface area contributed by atoms with Crippen molar-refractivity contribution in [1.29, 1.82) is 0 Å². The van der Waals surface area contributed by atoms with Gasteiger partial charge in [-0.3, -0.25) is 11.3 Å². The summed E-state index contributed by atoms with van der Waals surface area (Å²) >= 11 is 5.58. The molecule has 3 N–H and O–H groups in total. The summed E-state index contributed by atoms with van der Waals surface area (Å²) < 4.78 is 49.1. The van der Waals surface area contributed by atoms with E-state index >= 15 is 0 Å². The van der Waals surface area contributed by atoms with Gasteiger partial charge in [-0.1, -0.05) is 17.7 Å². The van der Waals surface area contributed by atoms with Gasteiger partial charge in [0.2, 0.25) is 0 Å². The Bertz CT molecular complexity index is 395. The van der Waals surface area contributed by atoms with Gasteiger partial charge in [0.25, 0.3) is 0 Å². The van der Waals surface area contributed by atoms with Crippen LogP contribution in [0.3, 0.4) is 0 Å². The average Bonchev–Trinajstić information content (AvgIpc) is 2.28. The molecule has 0 aliphatic rings. The van der Waals surface area contributed by atoms with Crippen molar-refractivity contribution in [2.24, 2.45) is 5.84 Å². The van der Waals surface area contributed by atoms with Crippen LogP contribution in [0.25, 0.3) is 0 Å². The Morgan fingerprint density at radius 2 is 2.00 bits per heavy atom. The van der Waals surface area contributed by atoms with E-state index in [1.165, 1.54) is 18.2 Å². The van der Waals surface area contributed by atoms with E-state index in [-0.39, 0.29) is 17.9 Å². The van der Waals surface area contributed by atoms with Crippen LogP contribution in [-0.4, -0.2) is 12.2 Å². The number of halogens is 5. The van der Waals surface area contributed by atoms with Crippen LogP contribution in [0.1, 0.15) is 18.4 Å². The summed E-state index contributed by atoms with van der Waals surface area (Å²) in [6, 6.07) is 3.50. The summed E-state index contributed by atoms with van der Waals surface area (Å²) in [5.41, 5.74) is 2.95. The van der Waals surface area contributed by atoms with E-state index < -0.39 is 24.5 Å². The van der Waals surface area contributed by atoms with Crippen molar-refractivity contribution in [3.05, 3.63) is 34.6 Å². The second-order valence-corrected chi connectivity index (χ2v) is 4.38. The standard InChI is InChI=1S/C11H13ClF4N2/c12-9-6-7(1-2-10(9)13)5-8(18-17)3-4-11(14,15)16/h1-2,6,8,18H,3-5,17H2. The third kappa shape index (κ3) is 5.20. The van der Waals surface area contributed by atoms with Crippen molar-refractivity contribution in [3.8, 4) is 0 Å². The quantitative estimate of drug-likeness (QED) is 0.495. The first-order chi connectivity index (χ1) is 8.31. The molecular formula is C11H13ClF4N2. The molecular weight excluding hydrogens is 272 g/mol. The number of hydrogen-bond acceptors (Lipinski definition) is 2.